The summed E-state index contributed by atoms with van der Waals surface area (Å²) in [5, 5.41) is 9.33. The third kappa shape index (κ3) is 3.45. The van der Waals surface area contributed by atoms with Gasteiger partial charge in [-0.05, 0) is 49.9 Å². The number of likely N-dealkylation sites (tertiary alicyclic amines) is 1. The minimum Gasteiger partial charge on any atom is -0.507 e. The Labute approximate surface area is 117 Å². The Hall–Kier alpha value is -1.23. The molecule has 112 valence electrons. The van der Waals surface area contributed by atoms with E-state index in [1.807, 2.05) is 0 Å². The fourth-order valence-electron chi connectivity index (χ4n) is 2.83. The van der Waals surface area contributed by atoms with Crippen LogP contribution in [0.15, 0.2) is 18.2 Å². The molecule has 2 nitrogen and oxygen atoms in total. The van der Waals surface area contributed by atoms with Crippen molar-refractivity contribution in [3.8, 4) is 5.75 Å². The molecule has 0 aromatic heterocycles. The van der Waals surface area contributed by atoms with Gasteiger partial charge in [-0.3, -0.25) is 4.90 Å². The summed E-state index contributed by atoms with van der Waals surface area (Å²) in [6.07, 6.45) is -2.36. The van der Waals surface area contributed by atoms with Crippen molar-refractivity contribution >= 4 is 0 Å². The molecule has 2 unspecified atom stereocenters. The molecule has 1 heterocycles. The van der Waals surface area contributed by atoms with Gasteiger partial charge < -0.3 is 5.11 Å². The molecule has 0 spiro atoms. The molecule has 20 heavy (non-hydrogen) atoms. The summed E-state index contributed by atoms with van der Waals surface area (Å²) in [6.45, 7) is 5.72. The van der Waals surface area contributed by atoms with Gasteiger partial charge in [0.1, 0.15) is 5.75 Å². The van der Waals surface area contributed by atoms with Crippen molar-refractivity contribution in [2.24, 2.45) is 5.92 Å². The number of hydrogen-bond acceptors (Lipinski definition) is 2. The fourth-order valence-corrected chi connectivity index (χ4v) is 2.83. The smallest absolute Gasteiger partial charge is 0.419 e. The molecule has 1 aromatic rings. The van der Waals surface area contributed by atoms with Crippen LogP contribution in [0.1, 0.15) is 37.8 Å². The zero-order chi connectivity index (χ0) is 14.9. The van der Waals surface area contributed by atoms with Crippen molar-refractivity contribution in [1.82, 2.24) is 4.90 Å². The van der Waals surface area contributed by atoms with Crippen molar-refractivity contribution in [1.29, 1.82) is 0 Å². The number of rotatable bonds is 2. The van der Waals surface area contributed by atoms with Crippen LogP contribution in [0.3, 0.4) is 0 Å². The summed E-state index contributed by atoms with van der Waals surface area (Å²) in [5.74, 6) is -0.0339. The van der Waals surface area contributed by atoms with Crippen LogP contribution >= 0.6 is 0 Å². The minimum atomic E-state index is -4.51. The van der Waals surface area contributed by atoms with Crippen molar-refractivity contribution in [2.75, 3.05) is 6.54 Å². The third-order valence-electron chi connectivity index (χ3n) is 4.03. The van der Waals surface area contributed by atoms with E-state index >= 15 is 0 Å². The topological polar surface area (TPSA) is 23.5 Å². The number of piperidine rings is 1. The first-order chi connectivity index (χ1) is 9.27. The lowest BCUT2D eigenvalue weighted by Gasteiger charge is -2.36. The van der Waals surface area contributed by atoms with E-state index in [4.69, 9.17) is 0 Å². The molecule has 1 aliphatic heterocycles. The maximum atomic E-state index is 12.8. The molecule has 1 fully saturated rings. The zero-order valence-corrected chi connectivity index (χ0v) is 11.7. The van der Waals surface area contributed by atoms with Gasteiger partial charge in [0, 0.05) is 12.6 Å². The van der Waals surface area contributed by atoms with E-state index in [9.17, 15) is 18.3 Å². The normalized spacial score (nSPS) is 24.9. The number of alkyl halides is 3. The van der Waals surface area contributed by atoms with Crippen LogP contribution < -0.4 is 0 Å². The van der Waals surface area contributed by atoms with E-state index in [2.05, 4.69) is 18.7 Å². The van der Waals surface area contributed by atoms with Gasteiger partial charge in [-0.1, -0.05) is 13.0 Å². The molecule has 0 amide bonds. The van der Waals surface area contributed by atoms with Crippen LogP contribution in [0.2, 0.25) is 0 Å². The zero-order valence-electron chi connectivity index (χ0n) is 11.7. The van der Waals surface area contributed by atoms with E-state index in [0.717, 1.165) is 31.5 Å². The molecule has 1 aliphatic rings. The minimum absolute atomic E-state index is 0.377. The van der Waals surface area contributed by atoms with Crippen LogP contribution in [-0.2, 0) is 12.7 Å². The lowest BCUT2D eigenvalue weighted by Crippen LogP contribution is -2.39. The molecular formula is C15H20F3NO. The number of benzene rings is 1. The second-order valence-corrected chi connectivity index (χ2v) is 5.80. The lowest BCUT2D eigenvalue weighted by atomic mass is 9.93. The van der Waals surface area contributed by atoms with Crippen LogP contribution in [0.5, 0.6) is 5.75 Å². The first-order valence-corrected chi connectivity index (χ1v) is 6.90. The number of hydrogen-bond donors (Lipinski definition) is 1. The predicted octanol–water partition coefficient (Wildman–Crippen LogP) is 4.03. The average molecular weight is 287 g/mol. The Bertz CT molecular complexity index is 473. The summed E-state index contributed by atoms with van der Waals surface area (Å²) in [4.78, 5) is 2.20. The summed E-state index contributed by atoms with van der Waals surface area (Å²) >= 11 is 0. The maximum Gasteiger partial charge on any atom is 0.419 e. The van der Waals surface area contributed by atoms with Crippen molar-refractivity contribution in [3.05, 3.63) is 29.3 Å². The highest BCUT2D eigenvalue weighted by Gasteiger charge is 2.34. The highest BCUT2D eigenvalue weighted by atomic mass is 19.4. The SMILES string of the molecule is CC1CCN(Cc2ccc(O)c(C(F)(F)F)c2)C(C)C1. The van der Waals surface area contributed by atoms with Crippen molar-refractivity contribution < 1.29 is 18.3 Å². The quantitative estimate of drug-likeness (QED) is 0.887. The predicted molar refractivity (Wildman–Crippen MR) is 71.4 cm³/mol. The van der Waals surface area contributed by atoms with E-state index in [1.165, 1.54) is 0 Å². The number of aromatic hydroxyl groups is 1. The highest BCUT2D eigenvalue weighted by Crippen LogP contribution is 2.36. The largest absolute Gasteiger partial charge is 0.507 e. The standard InChI is InChI=1S/C15H20F3NO/c1-10-5-6-19(11(2)7-10)9-12-3-4-14(20)13(8-12)15(16,17)18/h3-4,8,10-11,20H,5-7,9H2,1-2H3. The Morgan fingerprint density at radius 3 is 2.60 bits per heavy atom. The van der Waals surface area contributed by atoms with Gasteiger partial charge in [-0.15, -0.1) is 0 Å². The second kappa shape index (κ2) is 5.64. The Kier molecular flexibility index (Phi) is 4.28. The molecule has 0 saturated carbocycles. The molecule has 1 saturated heterocycles. The molecule has 0 aliphatic carbocycles. The third-order valence-corrected chi connectivity index (χ3v) is 4.03. The molecule has 5 heteroatoms. The first kappa shape index (κ1) is 15.2. The van der Waals surface area contributed by atoms with Crippen LogP contribution in [-0.4, -0.2) is 22.6 Å². The van der Waals surface area contributed by atoms with Gasteiger partial charge in [-0.25, -0.2) is 0 Å². The Balaban J connectivity index is 2.14. The van der Waals surface area contributed by atoms with Crippen LogP contribution in [0.25, 0.3) is 0 Å². The summed E-state index contributed by atoms with van der Waals surface area (Å²) < 4.78 is 38.3. The van der Waals surface area contributed by atoms with E-state index in [1.54, 1.807) is 6.07 Å². The van der Waals surface area contributed by atoms with E-state index in [-0.39, 0.29) is 0 Å². The number of phenols is 1. The second-order valence-electron chi connectivity index (χ2n) is 5.80. The number of halogens is 3. The molecule has 0 radical (unpaired) electrons. The highest BCUT2D eigenvalue weighted by molar-refractivity contribution is 5.38. The fraction of sp³-hybridized carbons (Fsp3) is 0.600. The first-order valence-electron chi connectivity index (χ1n) is 6.90. The van der Waals surface area contributed by atoms with Crippen LogP contribution in [0, 0.1) is 5.92 Å². The van der Waals surface area contributed by atoms with Gasteiger partial charge in [0.25, 0.3) is 0 Å². The van der Waals surface area contributed by atoms with Crippen molar-refractivity contribution in [3.63, 3.8) is 0 Å². The summed E-state index contributed by atoms with van der Waals surface area (Å²) in [6, 6.07) is 4.13. The molecule has 2 rings (SSSR count). The molecule has 1 N–H and O–H groups in total. The van der Waals surface area contributed by atoms with Crippen molar-refractivity contribution in [2.45, 2.75) is 45.5 Å². The summed E-state index contributed by atoms with van der Waals surface area (Å²) in [7, 11) is 0. The number of phenolic OH excluding ortho intramolecular Hbond substituents is 1. The molecule has 2 atom stereocenters. The number of nitrogens with zero attached hydrogens (tertiary/aromatic N) is 1. The molecular weight excluding hydrogens is 267 g/mol. The Morgan fingerprint density at radius 1 is 1.30 bits per heavy atom. The molecule has 0 bridgehead atoms. The monoisotopic (exact) mass is 287 g/mol. The Morgan fingerprint density at radius 2 is 2.00 bits per heavy atom. The van der Waals surface area contributed by atoms with E-state index < -0.39 is 17.5 Å². The van der Waals surface area contributed by atoms with Crippen LogP contribution in [0.4, 0.5) is 13.2 Å². The van der Waals surface area contributed by atoms with Gasteiger partial charge in [0.05, 0.1) is 5.56 Å². The summed E-state index contributed by atoms with van der Waals surface area (Å²) in [5.41, 5.74) is -0.357. The maximum absolute atomic E-state index is 12.8. The lowest BCUT2D eigenvalue weighted by molar-refractivity contribution is -0.138. The van der Waals surface area contributed by atoms with Gasteiger partial charge in [0.2, 0.25) is 0 Å². The van der Waals surface area contributed by atoms with Gasteiger partial charge in [0.15, 0.2) is 0 Å². The van der Waals surface area contributed by atoms with E-state index in [0.29, 0.717) is 24.1 Å². The van der Waals surface area contributed by atoms with Gasteiger partial charge >= 0.3 is 6.18 Å². The van der Waals surface area contributed by atoms with Gasteiger partial charge in [-0.2, -0.15) is 13.2 Å². The average Bonchev–Trinajstić information content (AvgIpc) is 2.33. The molecule has 1 aromatic carbocycles.